The van der Waals surface area contributed by atoms with E-state index in [9.17, 15) is 14.5 Å². The number of nitrogens with zero attached hydrogens (tertiary/aromatic N) is 3. The Labute approximate surface area is 97.6 Å². The molecule has 1 rings (SSSR count). The lowest BCUT2D eigenvalue weighted by atomic mass is 10.4. The van der Waals surface area contributed by atoms with E-state index in [1.54, 1.807) is 0 Å². The number of nitrogens with one attached hydrogen (secondary N) is 2. The van der Waals surface area contributed by atoms with Crippen LogP contribution in [0.5, 0.6) is 0 Å². The highest BCUT2D eigenvalue weighted by Gasteiger charge is 2.22. The van der Waals surface area contributed by atoms with E-state index in [4.69, 9.17) is 0 Å². The average molecular weight is 243 g/mol. The van der Waals surface area contributed by atoms with Crippen molar-refractivity contribution in [1.29, 1.82) is 0 Å². The van der Waals surface area contributed by atoms with Crippen molar-refractivity contribution in [3.05, 3.63) is 16.4 Å². The molecule has 0 spiro atoms. The second-order valence-electron chi connectivity index (χ2n) is 3.22. The zero-order valence-corrected chi connectivity index (χ0v) is 9.44. The van der Waals surface area contributed by atoms with Crippen LogP contribution in [0.2, 0.25) is 0 Å². The normalized spacial score (nSPS) is 10.0. The second-order valence-corrected chi connectivity index (χ2v) is 3.22. The molecule has 0 aliphatic rings. The molecule has 1 heterocycles. The summed E-state index contributed by atoms with van der Waals surface area (Å²) in [7, 11) is 0. The Kier molecular flexibility index (Phi) is 5.05. The minimum Gasteiger partial charge on any atom is -0.364 e. The second kappa shape index (κ2) is 6.56. The highest BCUT2D eigenvalue weighted by atomic mass is 19.1. The molecule has 7 nitrogen and oxygen atoms in total. The molecule has 0 aliphatic heterocycles. The minimum absolute atomic E-state index is 0.0227. The Hall–Kier alpha value is -1.99. The van der Waals surface area contributed by atoms with E-state index in [2.05, 4.69) is 20.6 Å². The molecule has 1 aromatic heterocycles. The summed E-state index contributed by atoms with van der Waals surface area (Å²) in [5.74, 6) is 0.175. The maximum Gasteiger partial charge on any atom is 0.353 e. The molecule has 0 unspecified atom stereocenters. The van der Waals surface area contributed by atoms with E-state index in [0.717, 1.165) is 6.42 Å². The fourth-order valence-electron chi connectivity index (χ4n) is 1.22. The molecule has 8 heteroatoms. The molecule has 0 saturated heterocycles. The molecule has 94 valence electrons. The molecule has 0 atom stereocenters. The number of hydrogen-bond donors (Lipinski definition) is 2. The first-order chi connectivity index (χ1) is 8.20. The molecule has 2 N–H and O–H groups in total. The van der Waals surface area contributed by atoms with E-state index in [0.29, 0.717) is 6.54 Å². The summed E-state index contributed by atoms with van der Waals surface area (Å²) >= 11 is 0. The number of rotatable bonds is 7. The third-order valence-electron chi connectivity index (χ3n) is 1.93. The van der Waals surface area contributed by atoms with Crippen molar-refractivity contribution in [2.75, 3.05) is 30.4 Å². The number of aromatic nitrogens is 2. The third-order valence-corrected chi connectivity index (χ3v) is 1.93. The number of hydrogen-bond acceptors (Lipinski definition) is 6. The summed E-state index contributed by atoms with van der Waals surface area (Å²) < 4.78 is 12.0. The molecule has 0 amide bonds. The molecule has 0 radical (unpaired) electrons. The van der Waals surface area contributed by atoms with Crippen molar-refractivity contribution in [1.82, 2.24) is 9.97 Å². The van der Waals surface area contributed by atoms with Gasteiger partial charge in [0.25, 0.3) is 0 Å². The zero-order chi connectivity index (χ0) is 12.7. The van der Waals surface area contributed by atoms with E-state index in [-0.39, 0.29) is 23.9 Å². The molecular weight excluding hydrogens is 229 g/mol. The van der Waals surface area contributed by atoms with Crippen LogP contribution in [0.1, 0.15) is 13.3 Å². The van der Waals surface area contributed by atoms with Crippen LogP contribution in [0, 0.1) is 10.1 Å². The van der Waals surface area contributed by atoms with Crippen molar-refractivity contribution >= 4 is 17.3 Å². The van der Waals surface area contributed by atoms with Crippen molar-refractivity contribution in [3.8, 4) is 0 Å². The van der Waals surface area contributed by atoms with E-state index < -0.39 is 11.6 Å². The molecule has 0 fully saturated rings. The maximum absolute atomic E-state index is 12.0. The third kappa shape index (κ3) is 3.51. The van der Waals surface area contributed by atoms with Crippen molar-refractivity contribution in [3.63, 3.8) is 0 Å². The first kappa shape index (κ1) is 13.1. The maximum atomic E-state index is 12.0. The van der Waals surface area contributed by atoms with Gasteiger partial charge in [-0.1, -0.05) is 6.92 Å². The van der Waals surface area contributed by atoms with Gasteiger partial charge in [-0.25, -0.2) is 14.4 Å². The summed E-state index contributed by atoms with van der Waals surface area (Å²) in [5, 5.41) is 16.3. The summed E-state index contributed by atoms with van der Waals surface area (Å²) in [6.45, 7) is 1.85. The highest BCUT2D eigenvalue weighted by molar-refractivity contribution is 5.69. The van der Waals surface area contributed by atoms with Gasteiger partial charge in [0.15, 0.2) is 0 Å². The Balaban J connectivity index is 2.99. The topological polar surface area (TPSA) is 93.0 Å². The van der Waals surface area contributed by atoms with Crippen LogP contribution < -0.4 is 10.6 Å². The van der Waals surface area contributed by atoms with Gasteiger partial charge < -0.3 is 10.6 Å². The van der Waals surface area contributed by atoms with Gasteiger partial charge in [-0.05, 0) is 6.42 Å². The van der Waals surface area contributed by atoms with Crippen LogP contribution in [0.4, 0.5) is 21.7 Å². The van der Waals surface area contributed by atoms with Gasteiger partial charge in [-0.2, -0.15) is 0 Å². The lowest BCUT2D eigenvalue weighted by Gasteiger charge is -2.08. The van der Waals surface area contributed by atoms with Crippen LogP contribution in [-0.4, -0.2) is 34.7 Å². The van der Waals surface area contributed by atoms with E-state index in [1.807, 2.05) is 6.92 Å². The number of halogens is 1. The van der Waals surface area contributed by atoms with Crippen LogP contribution in [-0.2, 0) is 0 Å². The van der Waals surface area contributed by atoms with Crippen LogP contribution in [0.15, 0.2) is 6.33 Å². The van der Waals surface area contributed by atoms with Crippen molar-refractivity contribution in [2.24, 2.45) is 0 Å². The summed E-state index contributed by atoms with van der Waals surface area (Å²) in [4.78, 5) is 17.9. The molecule has 1 aromatic rings. The summed E-state index contributed by atoms with van der Waals surface area (Å²) in [5.41, 5.74) is -0.255. The Bertz CT molecular complexity index is 361. The van der Waals surface area contributed by atoms with Crippen LogP contribution in [0.25, 0.3) is 0 Å². The fraction of sp³-hybridized carbons (Fsp3) is 0.556. The highest BCUT2D eigenvalue weighted by Crippen LogP contribution is 2.28. The predicted molar refractivity (Wildman–Crippen MR) is 61.9 cm³/mol. The van der Waals surface area contributed by atoms with Gasteiger partial charge in [-0.3, -0.25) is 10.1 Å². The molecule has 17 heavy (non-hydrogen) atoms. The molecule has 0 bridgehead atoms. The minimum atomic E-state index is -0.626. The largest absolute Gasteiger partial charge is 0.364 e. The lowest BCUT2D eigenvalue weighted by Crippen LogP contribution is -2.11. The number of nitro groups is 1. The molecule has 0 aliphatic carbocycles. The predicted octanol–water partition coefficient (Wildman–Crippen LogP) is 1.59. The summed E-state index contributed by atoms with van der Waals surface area (Å²) in [6.07, 6.45) is 2.01. The van der Waals surface area contributed by atoms with Gasteiger partial charge in [0, 0.05) is 13.1 Å². The van der Waals surface area contributed by atoms with Gasteiger partial charge in [0.2, 0.25) is 11.6 Å². The molecule has 0 saturated carbocycles. The first-order valence-corrected chi connectivity index (χ1v) is 5.23. The van der Waals surface area contributed by atoms with Crippen LogP contribution in [0.3, 0.4) is 0 Å². The van der Waals surface area contributed by atoms with E-state index >= 15 is 0 Å². The first-order valence-electron chi connectivity index (χ1n) is 5.23. The number of anilines is 2. The Morgan fingerprint density at radius 1 is 1.35 bits per heavy atom. The average Bonchev–Trinajstić information content (AvgIpc) is 2.33. The quantitative estimate of drug-likeness (QED) is 0.558. The van der Waals surface area contributed by atoms with Gasteiger partial charge in [-0.15, -0.1) is 0 Å². The van der Waals surface area contributed by atoms with Gasteiger partial charge in [0.1, 0.15) is 13.0 Å². The van der Waals surface area contributed by atoms with Gasteiger partial charge >= 0.3 is 5.69 Å². The zero-order valence-electron chi connectivity index (χ0n) is 9.44. The summed E-state index contributed by atoms with van der Waals surface area (Å²) in [6, 6.07) is 0. The Morgan fingerprint density at radius 2 is 1.94 bits per heavy atom. The standard InChI is InChI=1S/C9H14FN5O2/c1-2-4-11-8-7(15(16)17)9(12-5-3-10)14-6-13-8/h6H,2-5H2,1H3,(H2,11,12,13,14). The lowest BCUT2D eigenvalue weighted by molar-refractivity contribution is -0.383. The van der Waals surface area contributed by atoms with Crippen molar-refractivity contribution < 1.29 is 9.31 Å². The molecule has 0 aromatic carbocycles. The van der Waals surface area contributed by atoms with Crippen LogP contribution >= 0.6 is 0 Å². The van der Waals surface area contributed by atoms with Crippen molar-refractivity contribution in [2.45, 2.75) is 13.3 Å². The molecular formula is C9H14FN5O2. The number of alkyl halides is 1. The van der Waals surface area contributed by atoms with E-state index in [1.165, 1.54) is 6.33 Å². The fourth-order valence-corrected chi connectivity index (χ4v) is 1.22. The van der Waals surface area contributed by atoms with Gasteiger partial charge in [0.05, 0.1) is 4.92 Å². The smallest absolute Gasteiger partial charge is 0.353 e. The Morgan fingerprint density at radius 3 is 2.41 bits per heavy atom. The SMILES string of the molecule is CCCNc1ncnc(NCCF)c1[N+](=O)[O-]. The monoisotopic (exact) mass is 243 g/mol.